The lowest BCUT2D eigenvalue weighted by atomic mass is 9.35. The summed E-state index contributed by atoms with van der Waals surface area (Å²) in [6.07, 6.45) is 0. The quantitative estimate of drug-likeness (QED) is 0.171. The van der Waals surface area contributed by atoms with Crippen molar-refractivity contribution in [3.05, 3.63) is 158 Å². The lowest BCUT2D eigenvalue weighted by Gasteiger charge is -2.33. The Labute approximate surface area is 303 Å². The van der Waals surface area contributed by atoms with Crippen LogP contribution in [0, 0.1) is 0 Å². The number of benzene rings is 8. The van der Waals surface area contributed by atoms with Gasteiger partial charge < -0.3 is 18.3 Å². The molecule has 0 N–H and O–H groups in total. The SMILES string of the molecule is c1ccc2c(c1)Oc1cc(-c3ccc(-c4cccc5c4oc4cc6c7cccc8c9ccccc9n(c6cc45)c87)cc3)cc3c1B2c1ccccc1O3. The molecular formula is C48H26BNO3. The van der Waals surface area contributed by atoms with Crippen molar-refractivity contribution >= 4 is 83.1 Å². The largest absolute Gasteiger partial charge is 0.458 e. The number of furan rings is 1. The van der Waals surface area contributed by atoms with Crippen LogP contribution in [0.1, 0.15) is 0 Å². The minimum Gasteiger partial charge on any atom is -0.458 e. The molecule has 11 aromatic rings. The maximum Gasteiger partial charge on any atom is 0.260 e. The van der Waals surface area contributed by atoms with Gasteiger partial charge in [-0.15, -0.1) is 0 Å². The summed E-state index contributed by atoms with van der Waals surface area (Å²) in [6.45, 7) is 0.0650. The third-order valence-electron chi connectivity index (χ3n) is 11.7. The van der Waals surface area contributed by atoms with E-state index in [1.54, 1.807) is 0 Å². The molecule has 3 aromatic heterocycles. The molecule has 53 heavy (non-hydrogen) atoms. The number of fused-ring (bicyclic) bond motifs is 13. The molecule has 0 radical (unpaired) electrons. The van der Waals surface area contributed by atoms with Crippen LogP contribution >= 0.6 is 0 Å². The average Bonchev–Trinajstić information content (AvgIpc) is 3.86. The molecule has 5 heterocycles. The number of ether oxygens (including phenoxy) is 2. The molecule has 2 aliphatic rings. The Morgan fingerprint density at radius 3 is 1.81 bits per heavy atom. The monoisotopic (exact) mass is 675 g/mol. The van der Waals surface area contributed by atoms with Gasteiger partial charge in [0.1, 0.15) is 34.2 Å². The van der Waals surface area contributed by atoms with E-state index in [1.165, 1.54) is 49.0 Å². The van der Waals surface area contributed by atoms with E-state index in [0.717, 1.165) is 72.7 Å². The normalized spacial score (nSPS) is 13.2. The third-order valence-corrected chi connectivity index (χ3v) is 11.7. The van der Waals surface area contributed by atoms with Crippen molar-refractivity contribution in [2.24, 2.45) is 0 Å². The van der Waals surface area contributed by atoms with Crippen molar-refractivity contribution < 1.29 is 13.9 Å². The third kappa shape index (κ3) is 3.61. The van der Waals surface area contributed by atoms with E-state index in [9.17, 15) is 0 Å². The van der Waals surface area contributed by atoms with Crippen LogP contribution in [-0.4, -0.2) is 11.1 Å². The first-order valence-electron chi connectivity index (χ1n) is 18.1. The van der Waals surface area contributed by atoms with Gasteiger partial charge in [-0.3, -0.25) is 0 Å². The highest BCUT2D eigenvalue weighted by Crippen LogP contribution is 2.44. The van der Waals surface area contributed by atoms with Crippen molar-refractivity contribution in [2.45, 2.75) is 0 Å². The van der Waals surface area contributed by atoms with Crippen LogP contribution in [0.2, 0.25) is 0 Å². The van der Waals surface area contributed by atoms with E-state index in [1.807, 2.05) is 12.1 Å². The molecule has 244 valence electrons. The molecule has 2 aliphatic heterocycles. The number of para-hydroxylation sites is 5. The maximum atomic E-state index is 6.76. The summed E-state index contributed by atoms with van der Waals surface area (Å²) in [4.78, 5) is 0. The molecule has 0 amide bonds. The van der Waals surface area contributed by atoms with Gasteiger partial charge in [-0.25, -0.2) is 0 Å². The van der Waals surface area contributed by atoms with Gasteiger partial charge in [-0.1, -0.05) is 115 Å². The summed E-state index contributed by atoms with van der Waals surface area (Å²) in [5, 5.41) is 7.28. The predicted molar refractivity (Wildman–Crippen MR) is 217 cm³/mol. The molecule has 13 rings (SSSR count). The van der Waals surface area contributed by atoms with Gasteiger partial charge in [0.25, 0.3) is 6.71 Å². The highest BCUT2D eigenvalue weighted by atomic mass is 16.5. The lowest BCUT2D eigenvalue weighted by Crippen LogP contribution is -2.57. The van der Waals surface area contributed by atoms with Gasteiger partial charge in [-0.05, 0) is 70.1 Å². The van der Waals surface area contributed by atoms with E-state index >= 15 is 0 Å². The molecule has 0 saturated heterocycles. The number of rotatable bonds is 2. The zero-order chi connectivity index (χ0) is 34.4. The van der Waals surface area contributed by atoms with Crippen LogP contribution < -0.4 is 25.9 Å². The summed E-state index contributed by atoms with van der Waals surface area (Å²) in [7, 11) is 0. The summed E-state index contributed by atoms with van der Waals surface area (Å²) >= 11 is 0. The van der Waals surface area contributed by atoms with Crippen molar-refractivity contribution in [2.75, 3.05) is 0 Å². The van der Waals surface area contributed by atoms with Crippen molar-refractivity contribution in [1.82, 2.24) is 4.40 Å². The molecular weight excluding hydrogens is 649 g/mol. The van der Waals surface area contributed by atoms with Crippen LogP contribution in [-0.2, 0) is 0 Å². The van der Waals surface area contributed by atoms with Crippen LogP contribution in [0.4, 0.5) is 0 Å². The van der Waals surface area contributed by atoms with Gasteiger partial charge in [0.15, 0.2) is 0 Å². The van der Waals surface area contributed by atoms with Crippen molar-refractivity contribution in [3.8, 4) is 45.3 Å². The topological polar surface area (TPSA) is 36.0 Å². The number of hydrogen-bond acceptors (Lipinski definition) is 3. The molecule has 0 unspecified atom stereocenters. The molecule has 0 spiro atoms. The van der Waals surface area contributed by atoms with Crippen LogP contribution in [0.5, 0.6) is 23.0 Å². The second kappa shape index (κ2) is 9.87. The van der Waals surface area contributed by atoms with Gasteiger partial charge in [0, 0.05) is 43.3 Å². The summed E-state index contributed by atoms with van der Waals surface area (Å²) in [6, 6.07) is 56.1. The van der Waals surface area contributed by atoms with Gasteiger partial charge in [-0.2, -0.15) is 0 Å². The number of nitrogens with zero attached hydrogens (tertiary/aromatic N) is 1. The van der Waals surface area contributed by atoms with Crippen LogP contribution in [0.15, 0.2) is 162 Å². The molecule has 8 aromatic carbocycles. The molecule has 4 nitrogen and oxygen atoms in total. The Balaban J connectivity index is 0.935. The van der Waals surface area contributed by atoms with Gasteiger partial charge in [0.2, 0.25) is 0 Å². The highest BCUT2D eigenvalue weighted by molar-refractivity contribution is 6.98. The highest BCUT2D eigenvalue weighted by Gasteiger charge is 2.40. The fraction of sp³-hybridized carbons (Fsp3) is 0. The molecule has 5 heteroatoms. The average molecular weight is 676 g/mol. The molecule has 0 saturated carbocycles. The zero-order valence-electron chi connectivity index (χ0n) is 28.3. The fourth-order valence-corrected chi connectivity index (χ4v) is 9.35. The first kappa shape index (κ1) is 27.7. The first-order valence-corrected chi connectivity index (χ1v) is 18.1. The van der Waals surface area contributed by atoms with Crippen molar-refractivity contribution in [3.63, 3.8) is 0 Å². The number of aromatic nitrogens is 1. The zero-order valence-corrected chi connectivity index (χ0v) is 28.3. The minimum absolute atomic E-state index is 0.0650. The predicted octanol–water partition coefficient (Wildman–Crippen LogP) is 10.8. The molecule has 0 bridgehead atoms. The van der Waals surface area contributed by atoms with Crippen LogP contribution in [0.3, 0.4) is 0 Å². The Hall–Kier alpha value is -6.98. The first-order chi connectivity index (χ1) is 26.3. The minimum atomic E-state index is 0.0650. The van der Waals surface area contributed by atoms with Gasteiger partial charge in [0.05, 0.1) is 16.6 Å². The Morgan fingerprint density at radius 2 is 1.04 bits per heavy atom. The second-order valence-electron chi connectivity index (χ2n) is 14.4. The van der Waals surface area contributed by atoms with Crippen LogP contribution in [0.25, 0.3) is 82.3 Å². The smallest absolute Gasteiger partial charge is 0.260 e. The van der Waals surface area contributed by atoms with E-state index < -0.39 is 0 Å². The lowest BCUT2D eigenvalue weighted by molar-refractivity contribution is 0.465. The summed E-state index contributed by atoms with van der Waals surface area (Å²) in [5.41, 5.74) is 13.2. The molecule has 0 fully saturated rings. The van der Waals surface area contributed by atoms with E-state index in [4.69, 9.17) is 13.9 Å². The van der Waals surface area contributed by atoms with E-state index in [2.05, 4.69) is 150 Å². The Bertz CT molecular complexity index is 3280. The number of hydrogen-bond donors (Lipinski definition) is 0. The Morgan fingerprint density at radius 1 is 0.415 bits per heavy atom. The van der Waals surface area contributed by atoms with E-state index in [0.29, 0.717) is 0 Å². The summed E-state index contributed by atoms with van der Waals surface area (Å²) < 4.78 is 22.3. The second-order valence-corrected chi connectivity index (χ2v) is 14.4. The fourth-order valence-electron chi connectivity index (χ4n) is 9.35. The standard InChI is InChI=1S/C48H26BNO3/c1-4-16-39-31(9-1)32-11-8-12-33-35-26-43-36(25-40(35)50(39)47(32)33)34-13-7-10-30(48(34)53-43)28-21-19-27(20-22-28)29-23-44-46-45(24-29)52-42-18-6-3-15-38(42)49(46)37-14-2-5-17-41(37)51-44/h1-26H. The molecule has 0 atom stereocenters. The van der Waals surface area contributed by atoms with Crippen molar-refractivity contribution in [1.29, 1.82) is 0 Å². The maximum absolute atomic E-state index is 6.76. The summed E-state index contributed by atoms with van der Waals surface area (Å²) in [5.74, 6) is 3.47. The molecule has 0 aliphatic carbocycles. The van der Waals surface area contributed by atoms with E-state index in [-0.39, 0.29) is 6.71 Å². The Kier molecular flexibility index (Phi) is 5.16. The van der Waals surface area contributed by atoms with Gasteiger partial charge >= 0.3 is 0 Å².